The van der Waals surface area contributed by atoms with E-state index in [1.165, 1.54) is 0 Å². The highest BCUT2D eigenvalue weighted by molar-refractivity contribution is 9.10. The molecule has 90 valence electrons. The molecule has 1 aromatic heterocycles. The predicted octanol–water partition coefficient (Wildman–Crippen LogP) is 2.50. The first-order valence-corrected chi connectivity index (χ1v) is 6.93. The molecule has 5 heteroatoms. The molecule has 0 radical (unpaired) electrons. The second-order valence-corrected chi connectivity index (χ2v) is 6.00. The first-order chi connectivity index (χ1) is 7.50. The van der Waals surface area contributed by atoms with E-state index in [1.54, 1.807) is 11.3 Å². The lowest BCUT2D eigenvalue weighted by Crippen LogP contribution is -2.40. The van der Waals surface area contributed by atoms with Gasteiger partial charge in [0, 0.05) is 9.35 Å². The predicted molar refractivity (Wildman–Crippen MR) is 71.3 cm³/mol. The Bertz CT molecular complexity index is 352. The molecule has 1 amide bonds. The van der Waals surface area contributed by atoms with Crippen molar-refractivity contribution in [1.82, 2.24) is 5.32 Å². The summed E-state index contributed by atoms with van der Waals surface area (Å²) in [7, 11) is 0. The van der Waals surface area contributed by atoms with Crippen LogP contribution < -0.4 is 11.1 Å². The van der Waals surface area contributed by atoms with E-state index >= 15 is 0 Å². The minimum atomic E-state index is -0.404. The van der Waals surface area contributed by atoms with Crippen molar-refractivity contribution in [1.29, 1.82) is 0 Å². The van der Waals surface area contributed by atoms with Crippen LogP contribution in [0.1, 0.15) is 25.1 Å². The van der Waals surface area contributed by atoms with E-state index in [-0.39, 0.29) is 5.91 Å². The highest BCUT2D eigenvalue weighted by atomic mass is 79.9. The average Bonchev–Trinajstić information content (AvgIpc) is 2.59. The second kappa shape index (κ2) is 6.37. The van der Waals surface area contributed by atoms with Gasteiger partial charge in [0.15, 0.2) is 0 Å². The molecule has 0 bridgehead atoms. The Labute approximate surface area is 109 Å². The van der Waals surface area contributed by atoms with Crippen LogP contribution in [0, 0.1) is 5.92 Å². The van der Waals surface area contributed by atoms with Crippen LogP contribution in [-0.2, 0) is 11.3 Å². The number of nitrogens with one attached hydrogen (secondary N) is 1. The zero-order chi connectivity index (χ0) is 12.1. The van der Waals surface area contributed by atoms with Gasteiger partial charge in [0.05, 0.1) is 12.6 Å². The van der Waals surface area contributed by atoms with Crippen molar-refractivity contribution in [2.24, 2.45) is 11.7 Å². The summed E-state index contributed by atoms with van der Waals surface area (Å²) in [5.74, 6) is 0.364. The number of hydrogen-bond acceptors (Lipinski definition) is 3. The quantitative estimate of drug-likeness (QED) is 0.878. The lowest BCUT2D eigenvalue weighted by molar-refractivity contribution is -0.122. The largest absolute Gasteiger partial charge is 0.350 e. The van der Waals surface area contributed by atoms with Crippen LogP contribution in [-0.4, -0.2) is 11.9 Å². The minimum Gasteiger partial charge on any atom is -0.350 e. The summed E-state index contributed by atoms with van der Waals surface area (Å²) in [6, 6.07) is 1.57. The fourth-order valence-corrected chi connectivity index (χ4v) is 2.80. The van der Waals surface area contributed by atoms with E-state index in [9.17, 15) is 4.79 Å². The van der Waals surface area contributed by atoms with Crippen molar-refractivity contribution in [3.63, 3.8) is 0 Å². The van der Waals surface area contributed by atoms with Gasteiger partial charge in [-0.2, -0.15) is 0 Å². The van der Waals surface area contributed by atoms with Gasteiger partial charge in [-0.25, -0.2) is 0 Å². The van der Waals surface area contributed by atoms with E-state index in [1.807, 2.05) is 11.4 Å². The van der Waals surface area contributed by atoms with Gasteiger partial charge in [0.1, 0.15) is 0 Å². The molecule has 0 aliphatic carbocycles. The van der Waals surface area contributed by atoms with Gasteiger partial charge in [-0.3, -0.25) is 4.79 Å². The van der Waals surface area contributed by atoms with Crippen LogP contribution in [0.5, 0.6) is 0 Å². The molecule has 0 aliphatic heterocycles. The molecular weight excluding hydrogens is 288 g/mol. The summed E-state index contributed by atoms with van der Waals surface area (Å²) >= 11 is 5.04. The van der Waals surface area contributed by atoms with Crippen molar-refractivity contribution in [3.8, 4) is 0 Å². The Balaban J connectivity index is 2.38. The van der Waals surface area contributed by atoms with E-state index < -0.39 is 6.04 Å². The van der Waals surface area contributed by atoms with E-state index in [0.29, 0.717) is 12.5 Å². The molecule has 1 aromatic rings. The molecule has 3 N–H and O–H groups in total. The first-order valence-electron chi connectivity index (χ1n) is 5.26. The van der Waals surface area contributed by atoms with Crippen LogP contribution in [0.2, 0.25) is 0 Å². The molecule has 0 saturated heterocycles. The van der Waals surface area contributed by atoms with Crippen LogP contribution >= 0.6 is 27.3 Å². The molecule has 0 unspecified atom stereocenters. The molecule has 0 saturated carbocycles. The monoisotopic (exact) mass is 304 g/mol. The summed E-state index contributed by atoms with van der Waals surface area (Å²) in [5, 5.41) is 4.83. The molecular formula is C11H17BrN2OS. The fraction of sp³-hybridized carbons (Fsp3) is 0.545. The van der Waals surface area contributed by atoms with E-state index in [4.69, 9.17) is 5.73 Å². The Morgan fingerprint density at radius 1 is 1.62 bits per heavy atom. The maximum Gasteiger partial charge on any atom is 0.237 e. The number of halogens is 1. The summed E-state index contributed by atoms with van der Waals surface area (Å²) < 4.78 is 1.04. The van der Waals surface area contributed by atoms with Gasteiger partial charge in [-0.1, -0.05) is 13.8 Å². The zero-order valence-corrected chi connectivity index (χ0v) is 11.9. The number of nitrogens with two attached hydrogens (primary N) is 1. The number of thiophene rings is 1. The third kappa shape index (κ3) is 4.23. The molecule has 0 aliphatic rings. The lowest BCUT2D eigenvalue weighted by atomic mass is 10.0. The molecule has 0 fully saturated rings. The Hall–Kier alpha value is -0.390. The topological polar surface area (TPSA) is 55.1 Å². The highest BCUT2D eigenvalue weighted by Gasteiger charge is 2.14. The zero-order valence-electron chi connectivity index (χ0n) is 9.50. The second-order valence-electron chi connectivity index (χ2n) is 4.15. The number of carbonyl (C=O) groups is 1. The smallest absolute Gasteiger partial charge is 0.237 e. The van der Waals surface area contributed by atoms with Crippen LogP contribution in [0.3, 0.4) is 0 Å². The van der Waals surface area contributed by atoms with Crippen molar-refractivity contribution in [2.45, 2.75) is 32.9 Å². The van der Waals surface area contributed by atoms with Crippen molar-refractivity contribution >= 4 is 33.2 Å². The van der Waals surface area contributed by atoms with Crippen molar-refractivity contribution < 1.29 is 4.79 Å². The molecule has 1 rings (SSSR count). The van der Waals surface area contributed by atoms with Gasteiger partial charge in [-0.05, 0) is 39.7 Å². The molecule has 1 atom stereocenters. The standard InChI is InChI=1S/C11H17BrN2OS/c1-7(2)5-9(13)11(15)14-6-10-8(12)3-4-16-10/h3-4,7,9H,5-6,13H2,1-2H3,(H,14,15)/t9-/m1/s1. The van der Waals surface area contributed by atoms with E-state index in [2.05, 4.69) is 35.1 Å². The summed E-state index contributed by atoms with van der Waals surface area (Å²) in [4.78, 5) is 12.8. The molecule has 0 aromatic carbocycles. The Morgan fingerprint density at radius 3 is 2.81 bits per heavy atom. The normalized spacial score (nSPS) is 12.8. The third-order valence-corrected chi connectivity index (χ3v) is 4.10. The highest BCUT2D eigenvalue weighted by Crippen LogP contribution is 2.22. The van der Waals surface area contributed by atoms with Gasteiger partial charge >= 0.3 is 0 Å². The summed E-state index contributed by atoms with van der Waals surface area (Å²) in [5.41, 5.74) is 5.78. The molecule has 3 nitrogen and oxygen atoms in total. The van der Waals surface area contributed by atoms with Crippen LogP contribution in [0.25, 0.3) is 0 Å². The molecule has 0 spiro atoms. The number of amides is 1. The number of rotatable bonds is 5. The summed E-state index contributed by atoms with van der Waals surface area (Å²) in [6.45, 7) is 4.66. The van der Waals surface area contributed by atoms with Crippen LogP contribution in [0.15, 0.2) is 15.9 Å². The van der Waals surface area contributed by atoms with Crippen LogP contribution in [0.4, 0.5) is 0 Å². The molecule has 1 heterocycles. The van der Waals surface area contributed by atoms with Gasteiger partial charge in [-0.15, -0.1) is 11.3 Å². The minimum absolute atomic E-state index is 0.0750. The van der Waals surface area contributed by atoms with Gasteiger partial charge in [0.25, 0.3) is 0 Å². The van der Waals surface area contributed by atoms with Crippen molar-refractivity contribution in [2.75, 3.05) is 0 Å². The maximum atomic E-state index is 11.6. The SMILES string of the molecule is CC(C)C[C@@H](N)C(=O)NCc1sccc1Br. The fourth-order valence-electron chi connectivity index (χ4n) is 1.36. The first kappa shape index (κ1) is 13.7. The maximum absolute atomic E-state index is 11.6. The number of carbonyl (C=O) groups excluding carboxylic acids is 1. The Morgan fingerprint density at radius 2 is 2.31 bits per heavy atom. The lowest BCUT2D eigenvalue weighted by Gasteiger charge is -2.13. The molecule has 16 heavy (non-hydrogen) atoms. The Kier molecular flexibility index (Phi) is 5.44. The van der Waals surface area contributed by atoms with Crippen molar-refractivity contribution in [3.05, 3.63) is 20.8 Å². The van der Waals surface area contributed by atoms with E-state index in [0.717, 1.165) is 15.8 Å². The van der Waals surface area contributed by atoms with Gasteiger partial charge < -0.3 is 11.1 Å². The average molecular weight is 305 g/mol. The number of hydrogen-bond donors (Lipinski definition) is 2. The van der Waals surface area contributed by atoms with Gasteiger partial charge in [0.2, 0.25) is 5.91 Å². The summed E-state index contributed by atoms with van der Waals surface area (Å²) in [6.07, 6.45) is 0.720. The third-order valence-electron chi connectivity index (χ3n) is 2.18.